The molecule has 0 saturated carbocycles. The number of amides is 2. The number of nitrogens with one attached hydrogen (secondary N) is 2. The molecule has 158 valence electrons. The Balaban J connectivity index is 1.47. The van der Waals surface area contributed by atoms with E-state index < -0.39 is 21.2 Å². The number of thioether (sulfide) groups is 1. The maximum atomic E-state index is 12.5. The molecule has 0 spiro atoms. The molecule has 0 aromatic heterocycles. The molecule has 1 unspecified atom stereocenters. The summed E-state index contributed by atoms with van der Waals surface area (Å²) in [6.07, 6.45) is 0.399. The number of carbonyl (C=O) groups is 2. The van der Waals surface area contributed by atoms with Gasteiger partial charge in [-0.1, -0.05) is 11.6 Å². The van der Waals surface area contributed by atoms with E-state index in [9.17, 15) is 23.1 Å². The molecule has 30 heavy (non-hydrogen) atoms. The lowest BCUT2D eigenvalue weighted by atomic mass is 10.2. The number of phenols is 1. The summed E-state index contributed by atoms with van der Waals surface area (Å²) in [5.74, 6) is -0.914. The van der Waals surface area contributed by atoms with Gasteiger partial charge in [0, 0.05) is 22.9 Å². The molecular formula is C19H18ClN3O5S2. The summed E-state index contributed by atoms with van der Waals surface area (Å²) in [6.45, 7) is 0.350. The van der Waals surface area contributed by atoms with Gasteiger partial charge in [-0.05, 0) is 42.8 Å². The summed E-state index contributed by atoms with van der Waals surface area (Å²) >= 11 is 7.20. The topological polar surface area (TPSA) is 116 Å². The van der Waals surface area contributed by atoms with Gasteiger partial charge in [0.2, 0.25) is 21.8 Å². The van der Waals surface area contributed by atoms with Gasteiger partial charge in [0.05, 0.1) is 28.1 Å². The number of hydrogen-bond donors (Lipinski definition) is 3. The second-order valence-corrected chi connectivity index (χ2v) is 10.6. The van der Waals surface area contributed by atoms with Gasteiger partial charge in [-0.2, -0.15) is 0 Å². The first-order chi connectivity index (χ1) is 14.2. The first-order valence-corrected chi connectivity index (χ1v) is 12.0. The van der Waals surface area contributed by atoms with Crippen molar-refractivity contribution in [1.29, 1.82) is 0 Å². The van der Waals surface area contributed by atoms with Gasteiger partial charge in [0.25, 0.3) is 0 Å². The molecule has 0 aliphatic carbocycles. The SMILES string of the molecule is O=C(CC1Sc2ccc(Cl)cc2NC1=O)Nc1cc(N2CCCS2(=O)=O)ccc1O. The number of carbonyl (C=O) groups excluding carboxylic acids is 2. The first kappa shape index (κ1) is 20.8. The summed E-state index contributed by atoms with van der Waals surface area (Å²) < 4.78 is 25.5. The maximum Gasteiger partial charge on any atom is 0.238 e. The highest BCUT2D eigenvalue weighted by Crippen LogP contribution is 2.39. The van der Waals surface area contributed by atoms with Crippen LogP contribution in [-0.4, -0.2) is 42.9 Å². The lowest BCUT2D eigenvalue weighted by Crippen LogP contribution is -2.32. The fourth-order valence-electron chi connectivity index (χ4n) is 3.34. The van der Waals surface area contributed by atoms with Crippen molar-refractivity contribution in [2.75, 3.05) is 27.2 Å². The van der Waals surface area contributed by atoms with Crippen LogP contribution in [0.1, 0.15) is 12.8 Å². The number of hydrogen-bond acceptors (Lipinski definition) is 6. The number of anilines is 3. The molecule has 1 atom stereocenters. The zero-order valence-corrected chi connectivity index (χ0v) is 18.0. The Morgan fingerprint density at radius 2 is 2.10 bits per heavy atom. The molecule has 2 heterocycles. The highest BCUT2D eigenvalue weighted by atomic mass is 35.5. The van der Waals surface area contributed by atoms with Crippen LogP contribution in [0.25, 0.3) is 0 Å². The van der Waals surface area contributed by atoms with E-state index in [0.29, 0.717) is 29.4 Å². The summed E-state index contributed by atoms with van der Waals surface area (Å²) in [5, 5.41) is 15.3. The van der Waals surface area contributed by atoms with E-state index in [-0.39, 0.29) is 29.5 Å². The quantitative estimate of drug-likeness (QED) is 0.595. The molecular weight excluding hydrogens is 450 g/mol. The number of rotatable bonds is 4. The van der Waals surface area contributed by atoms with Crippen molar-refractivity contribution in [3.63, 3.8) is 0 Å². The lowest BCUT2D eigenvalue weighted by Gasteiger charge is -2.24. The third kappa shape index (κ3) is 4.21. The van der Waals surface area contributed by atoms with Crippen LogP contribution in [0.2, 0.25) is 5.02 Å². The molecule has 2 amide bonds. The van der Waals surface area contributed by atoms with Crippen molar-refractivity contribution < 1.29 is 23.1 Å². The van der Waals surface area contributed by atoms with Crippen LogP contribution < -0.4 is 14.9 Å². The lowest BCUT2D eigenvalue weighted by molar-refractivity contribution is -0.120. The van der Waals surface area contributed by atoms with E-state index in [4.69, 9.17) is 11.6 Å². The van der Waals surface area contributed by atoms with Gasteiger partial charge in [-0.15, -0.1) is 11.8 Å². The van der Waals surface area contributed by atoms with E-state index in [1.54, 1.807) is 18.2 Å². The number of phenolic OH excluding ortho intramolecular Hbond substituents is 1. The number of sulfonamides is 1. The van der Waals surface area contributed by atoms with Gasteiger partial charge < -0.3 is 15.7 Å². The third-order valence-corrected chi connectivity index (χ3v) is 8.15. The molecule has 2 aromatic rings. The number of aromatic hydroxyl groups is 1. The third-order valence-electron chi connectivity index (χ3n) is 4.77. The number of halogens is 1. The Morgan fingerprint density at radius 1 is 1.30 bits per heavy atom. The van der Waals surface area contributed by atoms with E-state index >= 15 is 0 Å². The minimum atomic E-state index is -3.39. The van der Waals surface area contributed by atoms with E-state index in [1.807, 2.05) is 0 Å². The van der Waals surface area contributed by atoms with E-state index in [2.05, 4.69) is 10.6 Å². The molecule has 2 aromatic carbocycles. The molecule has 0 radical (unpaired) electrons. The van der Waals surface area contributed by atoms with Gasteiger partial charge in [0.1, 0.15) is 5.75 Å². The Morgan fingerprint density at radius 3 is 2.83 bits per heavy atom. The van der Waals surface area contributed by atoms with Crippen LogP contribution in [-0.2, 0) is 19.6 Å². The molecule has 1 fully saturated rings. The predicted octanol–water partition coefficient (Wildman–Crippen LogP) is 3.03. The van der Waals surface area contributed by atoms with Crippen molar-refractivity contribution in [3.8, 4) is 5.75 Å². The van der Waals surface area contributed by atoms with Crippen LogP contribution in [0.15, 0.2) is 41.3 Å². The summed E-state index contributed by atoms with van der Waals surface area (Å²) in [6, 6.07) is 9.37. The number of nitrogens with zero attached hydrogens (tertiary/aromatic N) is 1. The molecule has 1 saturated heterocycles. The minimum Gasteiger partial charge on any atom is -0.506 e. The van der Waals surface area contributed by atoms with Crippen LogP contribution in [0, 0.1) is 0 Å². The van der Waals surface area contributed by atoms with Crippen LogP contribution in [0.4, 0.5) is 17.1 Å². The van der Waals surface area contributed by atoms with Gasteiger partial charge in [-0.25, -0.2) is 8.42 Å². The van der Waals surface area contributed by atoms with Crippen LogP contribution in [0.3, 0.4) is 0 Å². The first-order valence-electron chi connectivity index (χ1n) is 9.13. The average Bonchev–Trinajstić information content (AvgIpc) is 3.03. The predicted molar refractivity (Wildman–Crippen MR) is 117 cm³/mol. The van der Waals surface area contributed by atoms with Crippen molar-refractivity contribution >= 4 is 62.3 Å². The number of fused-ring (bicyclic) bond motifs is 1. The van der Waals surface area contributed by atoms with Gasteiger partial charge in [-0.3, -0.25) is 13.9 Å². The molecule has 2 aliphatic rings. The molecule has 2 aliphatic heterocycles. The maximum absolute atomic E-state index is 12.5. The van der Waals surface area contributed by atoms with E-state index in [1.165, 1.54) is 34.3 Å². The zero-order chi connectivity index (χ0) is 21.5. The monoisotopic (exact) mass is 467 g/mol. The van der Waals surface area contributed by atoms with Crippen molar-refractivity contribution in [3.05, 3.63) is 41.4 Å². The highest BCUT2D eigenvalue weighted by molar-refractivity contribution is 8.01. The highest BCUT2D eigenvalue weighted by Gasteiger charge is 2.31. The minimum absolute atomic E-state index is 0.0657. The molecule has 11 heteroatoms. The largest absolute Gasteiger partial charge is 0.506 e. The molecule has 4 rings (SSSR count). The van der Waals surface area contributed by atoms with Gasteiger partial charge in [0.15, 0.2) is 0 Å². The summed E-state index contributed by atoms with van der Waals surface area (Å²) in [4.78, 5) is 25.7. The van der Waals surface area contributed by atoms with E-state index in [0.717, 1.165) is 4.90 Å². The Labute approximate surface area is 182 Å². The summed E-state index contributed by atoms with van der Waals surface area (Å²) in [5.41, 5.74) is 1.07. The van der Waals surface area contributed by atoms with Crippen LogP contribution in [0.5, 0.6) is 5.75 Å². The fraction of sp³-hybridized carbons (Fsp3) is 0.263. The van der Waals surface area contributed by atoms with Crippen molar-refractivity contribution in [2.45, 2.75) is 23.0 Å². The molecule has 8 nitrogen and oxygen atoms in total. The zero-order valence-electron chi connectivity index (χ0n) is 15.6. The molecule has 0 bridgehead atoms. The molecule has 3 N–H and O–H groups in total. The summed E-state index contributed by atoms with van der Waals surface area (Å²) in [7, 11) is -3.39. The smallest absolute Gasteiger partial charge is 0.238 e. The van der Waals surface area contributed by atoms with Crippen LogP contribution >= 0.6 is 23.4 Å². The normalized spacial score (nSPS) is 19.8. The van der Waals surface area contributed by atoms with Crippen molar-refractivity contribution in [1.82, 2.24) is 0 Å². The Kier molecular flexibility index (Phi) is 5.56. The standard InChI is InChI=1S/C19H18ClN3O5S2/c20-11-2-5-16-14(8-11)22-19(26)17(29-16)10-18(25)21-13-9-12(3-4-15(13)24)23-6-1-7-30(23,27)28/h2-5,8-9,17,24H,1,6-7,10H2,(H,21,25)(H,22,26). The second kappa shape index (κ2) is 8.01. The Hall–Kier alpha value is -2.43. The number of benzene rings is 2. The van der Waals surface area contributed by atoms with Crippen molar-refractivity contribution in [2.24, 2.45) is 0 Å². The van der Waals surface area contributed by atoms with Gasteiger partial charge >= 0.3 is 0 Å². The average molecular weight is 468 g/mol. The second-order valence-electron chi connectivity index (χ2n) is 6.93. The fourth-order valence-corrected chi connectivity index (χ4v) is 6.15. The Bertz CT molecular complexity index is 1140.